The van der Waals surface area contributed by atoms with Crippen molar-refractivity contribution >= 4 is 23.6 Å². The van der Waals surface area contributed by atoms with Gasteiger partial charge >= 0.3 is 5.97 Å². The molecule has 0 aromatic carbocycles. The highest BCUT2D eigenvalue weighted by atomic mass is 32.2. The van der Waals surface area contributed by atoms with Gasteiger partial charge in [0.1, 0.15) is 6.04 Å². The molecule has 1 amide bonds. The molecule has 1 unspecified atom stereocenters. The van der Waals surface area contributed by atoms with Gasteiger partial charge in [-0.25, -0.2) is 4.79 Å². The van der Waals surface area contributed by atoms with Gasteiger partial charge in [-0.15, -0.1) is 11.8 Å². The summed E-state index contributed by atoms with van der Waals surface area (Å²) in [5.41, 5.74) is 0. The van der Waals surface area contributed by atoms with Crippen molar-refractivity contribution in [3.05, 3.63) is 0 Å². The van der Waals surface area contributed by atoms with Crippen molar-refractivity contribution in [1.82, 2.24) is 5.32 Å². The molecule has 1 rings (SSSR count). The number of thioether (sulfide) groups is 1. The second kappa shape index (κ2) is 4.21. The third kappa shape index (κ3) is 2.41. The molecule has 0 aromatic rings. The summed E-state index contributed by atoms with van der Waals surface area (Å²) in [7, 11) is 1.33. The molecule has 0 radical (unpaired) electrons. The monoisotopic (exact) mass is 217 g/mol. The van der Waals surface area contributed by atoms with Crippen LogP contribution in [0.25, 0.3) is 0 Å². The number of carbonyl (C=O) groups excluding carboxylic acids is 2. The van der Waals surface area contributed by atoms with E-state index >= 15 is 0 Å². The van der Waals surface area contributed by atoms with E-state index in [2.05, 4.69) is 10.1 Å². The Hall–Kier alpha value is -0.710. The Balaban J connectivity index is 2.70. The van der Waals surface area contributed by atoms with E-state index < -0.39 is 10.8 Å². The minimum atomic E-state index is -0.484. The first-order chi connectivity index (χ1) is 6.47. The average molecular weight is 217 g/mol. The first kappa shape index (κ1) is 11.4. The molecule has 0 spiro atoms. The minimum absolute atomic E-state index is 0.101. The van der Waals surface area contributed by atoms with Crippen molar-refractivity contribution < 1.29 is 14.3 Å². The number of amides is 1. The molecule has 1 aliphatic rings. The van der Waals surface area contributed by atoms with Gasteiger partial charge in [0.2, 0.25) is 5.91 Å². The van der Waals surface area contributed by atoms with Gasteiger partial charge in [-0.05, 0) is 26.0 Å². The van der Waals surface area contributed by atoms with Crippen molar-refractivity contribution in [3.8, 4) is 0 Å². The molecular weight excluding hydrogens is 202 g/mol. The number of rotatable bonds is 1. The maximum atomic E-state index is 11.6. The summed E-state index contributed by atoms with van der Waals surface area (Å²) in [6.07, 6.45) is 0.631. The van der Waals surface area contributed by atoms with Crippen molar-refractivity contribution in [3.63, 3.8) is 0 Å². The summed E-state index contributed by atoms with van der Waals surface area (Å²) in [5.74, 6) is 0.318. The normalized spacial score (nSPS) is 26.2. The predicted octanol–water partition coefficient (Wildman–Crippen LogP) is 0.560. The fraction of sp³-hybridized carbons (Fsp3) is 0.778. The SMILES string of the molecule is COC(=O)C1CCSC(C)(C)C(=O)N1. The first-order valence-corrected chi connectivity index (χ1v) is 5.48. The van der Waals surface area contributed by atoms with Gasteiger partial charge in [0, 0.05) is 0 Å². The van der Waals surface area contributed by atoms with Crippen LogP contribution < -0.4 is 5.32 Å². The summed E-state index contributed by atoms with van der Waals surface area (Å²) in [4.78, 5) is 22.9. The lowest BCUT2D eigenvalue weighted by Crippen LogP contribution is -2.46. The molecule has 0 saturated carbocycles. The number of esters is 1. The third-order valence-electron chi connectivity index (χ3n) is 2.21. The number of carbonyl (C=O) groups is 2. The largest absolute Gasteiger partial charge is 0.467 e. The maximum Gasteiger partial charge on any atom is 0.328 e. The lowest BCUT2D eigenvalue weighted by atomic mass is 10.1. The fourth-order valence-electron chi connectivity index (χ4n) is 1.22. The van der Waals surface area contributed by atoms with Gasteiger partial charge < -0.3 is 10.1 Å². The number of hydrogen-bond acceptors (Lipinski definition) is 4. The van der Waals surface area contributed by atoms with Crippen LogP contribution in [0.3, 0.4) is 0 Å². The topological polar surface area (TPSA) is 55.4 Å². The van der Waals surface area contributed by atoms with Crippen molar-refractivity contribution in [1.29, 1.82) is 0 Å². The molecule has 1 heterocycles. The van der Waals surface area contributed by atoms with Gasteiger partial charge in [0.25, 0.3) is 0 Å². The molecule has 80 valence electrons. The average Bonchev–Trinajstić information content (AvgIpc) is 2.26. The van der Waals surface area contributed by atoms with Crippen LogP contribution in [0.1, 0.15) is 20.3 Å². The molecule has 1 saturated heterocycles. The zero-order chi connectivity index (χ0) is 10.8. The summed E-state index contributed by atoms with van der Waals surface area (Å²) < 4.78 is 4.14. The molecule has 0 aromatic heterocycles. The number of ether oxygens (including phenoxy) is 1. The molecule has 1 atom stereocenters. The van der Waals surface area contributed by atoms with Crippen LogP contribution in [0.15, 0.2) is 0 Å². The van der Waals surface area contributed by atoms with Crippen LogP contribution in [0.4, 0.5) is 0 Å². The van der Waals surface area contributed by atoms with Gasteiger partial charge in [-0.2, -0.15) is 0 Å². The lowest BCUT2D eigenvalue weighted by molar-refractivity contribution is -0.145. The standard InChI is InChI=1S/C9H15NO3S/c1-9(2)8(12)10-6(4-5-14-9)7(11)13-3/h6H,4-5H2,1-3H3,(H,10,12). The number of hydrogen-bond donors (Lipinski definition) is 1. The van der Waals surface area contributed by atoms with Gasteiger partial charge in [-0.3, -0.25) is 4.79 Å². The van der Waals surface area contributed by atoms with Gasteiger partial charge in [-0.1, -0.05) is 0 Å². The highest BCUT2D eigenvalue weighted by Crippen LogP contribution is 2.28. The van der Waals surface area contributed by atoms with E-state index in [1.807, 2.05) is 13.8 Å². The Morgan fingerprint density at radius 1 is 1.64 bits per heavy atom. The molecule has 1 aliphatic heterocycles. The molecule has 1 fully saturated rings. The second-order valence-electron chi connectivity index (χ2n) is 3.70. The Kier molecular flexibility index (Phi) is 3.42. The smallest absolute Gasteiger partial charge is 0.328 e. The van der Waals surface area contributed by atoms with Crippen molar-refractivity contribution in [2.75, 3.05) is 12.9 Å². The quantitative estimate of drug-likeness (QED) is 0.652. The van der Waals surface area contributed by atoms with E-state index in [9.17, 15) is 9.59 Å². The Labute approximate surface area is 87.8 Å². The van der Waals surface area contributed by atoms with Gasteiger partial charge in [0.05, 0.1) is 11.9 Å². The predicted molar refractivity (Wildman–Crippen MR) is 55.1 cm³/mol. The number of nitrogens with one attached hydrogen (secondary N) is 1. The Morgan fingerprint density at radius 2 is 2.29 bits per heavy atom. The van der Waals surface area contributed by atoms with Crippen molar-refractivity contribution in [2.24, 2.45) is 0 Å². The van der Waals surface area contributed by atoms with E-state index in [1.54, 1.807) is 11.8 Å². The van der Waals surface area contributed by atoms with Crippen LogP contribution in [-0.4, -0.2) is 35.5 Å². The summed E-state index contributed by atoms with van der Waals surface area (Å²) in [6, 6.07) is -0.484. The molecule has 0 aliphatic carbocycles. The van der Waals surface area contributed by atoms with Crippen LogP contribution in [-0.2, 0) is 14.3 Å². The summed E-state index contributed by atoms with van der Waals surface area (Å²) in [6.45, 7) is 3.71. The van der Waals surface area contributed by atoms with E-state index in [4.69, 9.17) is 0 Å². The summed E-state index contributed by atoms with van der Waals surface area (Å²) in [5, 5.41) is 2.69. The van der Waals surface area contributed by atoms with Crippen LogP contribution in [0.2, 0.25) is 0 Å². The third-order valence-corrected chi connectivity index (χ3v) is 3.55. The van der Waals surface area contributed by atoms with Crippen molar-refractivity contribution in [2.45, 2.75) is 31.1 Å². The fourth-order valence-corrected chi connectivity index (χ4v) is 2.27. The maximum absolute atomic E-state index is 11.6. The minimum Gasteiger partial charge on any atom is -0.467 e. The molecular formula is C9H15NO3S. The van der Waals surface area contributed by atoms with E-state index in [0.29, 0.717) is 6.42 Å². The molecule has 14 heavy (non-hydrogen) atoms. The Bertz CT molecular complexity index is 252. The number of methoxy groups -OCH3 is 1. The first-order valence-electron chi connectivity index (χ1n) is 4.50. The van der Waals surface area contributed by atoms with Crippen LogP contribution in [0, 0.1) is 0 Å². The van der Waals surface area contributed by atoms with Crippen LogP contribution in [0.5, 0.6) is 0 Å². The van der Waals surface area contributed by atoms with E-state index in [0.717, 1.165) is 5.75 Å². The lowest BCUT2D eigenvalue weighted by Gasteiger charge is -2.20. The molecule has 4 nitrogen and oxygen atoms in total. The van der Waals surface area contributed by atoms with E-state index in [-0.39, 0.29) is 11.9 Å². The molecule has 5 heteroatoms. The van der Waals surface area contributed by atoms with E-state index in [1.165, 1.54) is 7.11 Å². The zero-order valence-corrected chi connectivity index (χ0v) is 9.44. The molecule has 0 bridgehead atoms. The molecule has 1 N–H and O–H groups in total. The second-order valence-corrected chi connectivity index (χ2v) is 5.41. The highest BCUT2D eigenvalue weighted by Gasteiger charge is 2.35. The zero-order valence-electron chi connectivity index (χ0n) is 8.62. The highest BCUT2D eigenvalue weighted by molar-refractivity contribution is 8.01. The Morgan fingerprint density at radius 3 is 2.86 bits per heavy atom. The van der Waals surface area contributed by atoms with Crippen LogP contribution >= 0.6 is 11.8 Å². The summed E-state index contributed by atoms with van der Waals surface area (Å²) >= 11 is 1.56. The van der Waals surface area contributed by atoms with Gasteiger partial charge in [0.15, 0.2) is 0 Å².